The summed E-state index contributed by atoms with van der Waals surface area (Å²) in [5, 5.41) is 9.40. The van der Waals surface area contributed by atoms with E-state index in [9.17, 15) is 14.9 Å². The molecule has 0 aliphatic heterocycles. The first-order chi connectivity index (χ1) is 14.5. The Bertz CT molecular complexity index is 1150. The molecule has 0 N–H and O–H groups in total. The summed E-state index contributed by atoms with van der Waals surface area (Å²) in [6.45, 7) is 12.6. The van der Waals surface area contributed by atoms with Gasteiger partial charge in [0.25, 0.3) is 5.70 Å². The minimum atomic E-state index is -0.518. The summed E-state index contributed by atoms with van der Waals surface area (Å²) in [5.41, 5.74) is 4.01. The molecule has 0 heterocycles. The monoisotopic (exact) mass is 398 g/mol. The van der Waals surface area contributed by atoms with E-state index in [2.05, 4.69) is 11.4 Å². The van der Waals surface area contributed by atoms with Crippen LogP contribution in [0, 0.1) is 17.9 Å². The van der Waals surface area contributed by atoms with Gasteiger partial charge in [0.2, 0.25) is 0 Å². The summed E-state index contributed by atoms with van der Waals surface area (Å²) in [7, 11) is 0. The Morgan fingerprint density at radius 3 is 2.40 bits per heavy atom. The lowest BCUT2D eigenvalue weighted by Gasteiger charge is -2.10. The molecule has 0 aromatic heterocycles. The number of rotatable bonds is 6. The molecule has 3 rings (SSSR count). The molecule has 0 unspecified atom stereocenters. The van der Waals surface area contributed by atoms with E-state index in [0.717, 1.165) is 11.1 Å². The van der Waals surface area contributed by atoms with Crippen molar-refractivity contribution in [2.45, 2.75) is 13.3 Å². The van der Waals surface area contributed by atoms with Crippen LogP contribution in [-0.2, 0) is 14.3 Å². The second kappa shape index (κ2) is 8.89. The van der Waals surface area contributed by atoms with E-state index >= 15 is 0 Å². The lowest BCUT2D eigenvalue weighted by atomic mass is 9.99. The molecule has 0 saturated carbocycles. The average Bonchev–Trinajstić information content (AvgIpc) is 3.09. The summed E-state index contributed by atoms with van der Waals surface area (Å²) in [5.74, 6) is -0.998. The van der Waals surface area contributed by atoms with Crippen molar-refractivity contribution in [3.05, 3.63) is 88.4 Å². The minimum absolute atomic E-state index is 0.0222. The smallest absolute Gasteiger partial charge is 0.338 e. The molecule has 1 aliphatic rings. The van der Waals surface area contributed by atoms with Gasteiger partial charge >= 0.3 is 11.9 Å². The quantitative estimate of drug-likeness (QED) is 0.200. The molecule has 148 valence electrons. The molecule has 0 radical (unpaired) electrons. The third-order valence-electron chi connectivity index (χ3n) is 4.58. The Morgan fingerprint density at radius 2 is 1.73 bits per heavy atom. The molecule has 0 atom stereocenters. The van der Waals surface area contributed by atoms with E-state index in [-0.39, 0.29) is 18.9 Å². The SMILES string of the molecule is [C-]#[N+]C(C#N)=C1c2ccccc2-c2c(C(=O)OCCCOC(=O)C(=C)C)cccc21. The highest BCUT2D eigenvalue weighted by Gasteiger charge is 2.30. The second-order valence-electron chi connectivity index (χ2n) is 6.63. The lowest BCUT2D eigenvalue weighted by Crippen LogP contribution is -2.12. The molecule has 30 heavy (non-hydrogen) atoms. The van der Waals surface area contributed by atoms with Gasteiger partial charge in [-0.05, 0) is 29.7 Å². The van der Waals surface area contributed by atoms with Crippen LogP contribution in [0.3, 0.4) is 0 Å². The van der Waals surface area contributed by atoms with Gasteiger partial charge in [-0.3, -0.25) is 0 Å². The maximum atomic E-state index is 12.7. The van der Waals surface area contributed by atoms with Crippen molar-refractivity contribution in [2.75, 3.05) is 13.2 Å². The van der Waals surface area contributed by atoms with E-state index in [0.29, 0.717) is 34.3 Å². The van der Waals surface area contributed by atoms with Crippen LogP contribution in [0.5, 0.6) is 0 Å². The van der Waals surface area contributed by atoms with Crippen LogP contribution in [0.25, 0.3) is 21.5 Å². The van der Waals surface area contributed by atoms with Gasteiger partial charge < -0.3 is 9.47 Å². The number of benzene rings is 2. The van der Waals surface area contributed by atoms with Gasteiger partial charge in [0.15, 0.2) is 0 Å². The number of allylic oxidation sites excluding steroid dienone is 1. The number of carbonyl (C=O) groups is 2. The van der Waals surface area contributed by atoms with Crippen molar-refractivity contribution in [1.82, 2.24) is 0 Å². The maximum absolute atomic E-state index is 12.7. The first-order valence-corrected chi connectivity index (χ1v) is 9.24. The van der Waals surface area contributed by atoms with E-state index in [1.165, 1.54) is 0 Å². The molecular formula is C24H18N2O4. The van der Waals surface area contributed by atoms with Crippen LogP contribution in [0.15, 0.2) is 60.3 Å². The fraction of sp³-hybridized carbons (Fsp3) is 0.167. The number of hydrogen-bond donors (Lipinski definition) is 0. The van der Waals surface area contributed by atoms with Crippen LogP contribution in [0.4, 0.5) is 0 Å². The Labute approximate surface area is 174 Å². The van der Waals surface area contributed by atoms with Crippen molar-refractivity contribution in [2.24, 2.45) is 0 Å². The number of esters is 2. The first kappa shape index (κ1) is 20.6. The molecule has 6 heteroatoms. The molecule has 2 aromatic rings. The molecule has 1 aliphatic carbocycles. The van der Waals surface area contributed by atoms with E-state index < -0.39 is 11.9 Å². The highest BCUT2D eigenvalue weighted by molar-refractivity contribution is 6.10. The molecule has 2 aromatic carbocycles. The molecule has 0 fully saturated rings. The van der Waals surface area contributed by atoms with Gasteiger partial charge in [-0.2, -0.15) is 0 Å². The summed E-state index contributed by atoms with van der Waals surface area (Å²) in [6.07, 6.45) is 0.359. The highest BCUT2D eigenvalue weighted by atomic mass is 16.5. The third kappa shape index (κ3) is 3.85. The fourth-order valence-electron chi connectivity index (χ4n) is 3.27. The van der Waals surface area contributed by atoms with Gasteiger partial charge in [-0.25, -0.2) is 19.7 Å². The zero-order valence-corrected chi connectivity index (χ0v) is 16.4. The Kier molecular flexibility index (Phi) is 6.10. The molecular weight excluding hydrogens is 380 g/mol. The van der Waals surface area contributed by atoms with Crippen molar-refractivity contribution >= 4 is 17.5 Å². The number of fused-ring (bicyclic) bond motifs is 3. The number of carbonyl (C=O) groups excluding carboxylic acids is 2. The summed E-state index contributed by atoms with van der Waals surface area (Å²) in [4.78, 5) is 27.5. The molecule has 0 amide bonds. The van der Waals surface area contributed by atoms with Crippen molar-refractivity contribution in [3.63, 3.8) is 0 Å². The molecule has 6 nitrogen and oxygen atoms in total. The zero-order chi connectivity index (χ0) is 21.7. The van der Waals surface area contributed by atoms with Gasteiger partial charge in [0, 0.05) is 23.1 Å². The first-order valence-electron chi connectivity index (χ1n) is 9.24. The van der Waals surface area contributed by atoms with Gasteiger partial charge in [-0.15, -0.1) is 0 Å². The minimum Gasteiger partial charge on any atom is -0.462 e. The largest absolute Gasteiger partial charge is 0.462 e. The lowest BCUT2D eigenvalue weighted by molar-refractivity contribution is -0.139. The fourth-order valence-corrected chi connectivity index (χ4v) is 3.27. The Hall–Kier alpha value is -4.16. The van der Waals surface area contributed by atoms with Crippen LogP contribution < -0.4 is 0 Å². The van der Waals surface area contributed by atoms with Crippen LogP contribution in [-0.4, -0.2) is 25.2 Å². The standard InChI is InChI=1S/C24H18N2O4/c1-15(2)23(27)29-12-7-13-30-24(28)19-11-6-10-18-21(19)16-8-4-5-9-17(16)22(18)20(14-25)26-3/h4-6,8-11H,1,7,12-13H2,2H3. The predicted molar refractivity (Wildman–Crippen MR) is 111 cm³/mol. The third-order valence-corrected chi connectivity index (χ3v) is 4.58. The van der Waals surface area contributed by atoms with Crippen molar-refractivity contribution < 1.29 is 19.1 Å². The van der Waals surface area contributed by atoms with E-state index in [1.807, 2.05) is 30.3 Å². The Balaban J connectivity index is 1.86. The summed E-state index contributed by atoms with van der Waals surface area (Å²) < 4.78 is 10.3. The van der Waals surface area contributed by atoms with Crippen molar-refractivity contribution in [1.29, 1.82) is 5.26 Å². The van der Waals surface area contributed by atoms with Crippen LogP contribution >= 0.6 is 0 Å². The molecule has 0 spiro atoms. The van der Waals surface area contributed by atoms with Gasteiger partial charge in [0.1, 0.15) is 0 Å². The maximum Gasteiger partial charge on any atom is 0.338 e. The van der Waals surface area contributed by atoms with Crippen molar-refractivity contribution in [3.8, 4) is 17.2 Å². The van der Waals surface area contributed by atoms with Crippen LogP contribution in [0.2, 0.25) is 0 Å². The highest BCUT2D eigenvalue weighted by Crippen LogP contribution is 2.47. The van der Waals surface area contributed by atoms with E-state index in [1.54, 1.807) is 25.1 Å². The number of ether oxygens (including phenoxy) is 2. The van der Waals surface area contributed by atoms with Gasteiger partial charge in [0.05, 0.1) is 31.4 Å². The number of hydrogen-bond acceptors (Lipinski definition) is 5. The summed E-state index contributed by atoms with van der Waals surface area (Å²) >= 11 is 0. The molecule has 0 bridgehead atoms. The van der Waals surface area contributed by atoms with Crippen LogP contribution in [0.1, 0.15) is 34.8 Å². The average molecular weight is 398 g/mol. The zero-order valence-electron chi connectivity index (χ0n) is 16.4. The molecule has 0 saturated heterocycles. The van der Waals surface area contributed by atoms with E-state index in [4.69, 9.17) is 16.0 Å². The topological polar surface area (TPSA) is 80.8 Å². The predicted octanol–water partition coefficient (Wildman–Crippen LogP) is 4.54. The number of nitriles is 1. The normalized spacial score (nSPS) is 12.6. The summed E-state index contributed by atoms with van der Waals surface area (Å²) in [6, 6.07) is 14.5. The Morgan fingerprint density at radius 1 is 1.07 bits per heavy atom. The number of nitrogens with zero attached hydrogens (tertiary/aromatic N) is 2. The van der Waals surface area contributed by atoms with Gasteiger partial charge in [-0.1, -0.05) is 43.0 Å². The second-order valence-corrected chi connectivity index (χ2v) is 6.63.